The third-order valence-corrected chi connectivity index (χ3v) is 5.92. The SMILES string of the molecule is C[C@@H]1CCN(C(=O)CC#N)C[C@@H]1N(C)c1ncnc2c1ccn2C(=O)NCCCCN.Cl. The molecule has 3 heterocycles. The molecule has 0 unspecified atom stereocenters. The van der Waals surface area contributed by atoms with E-state index in [2.05, 4.69) is 27.1 Å². The van der Waals surface area contributed by atoms with Crippen LogP contribution in [0, 0.1) is 17.2 Å². The van der Waals surface area contributed by atoms with Crippen molar-refractivity contribution in [2.75, 3.05) is 38.1 Å². The fourth-order valence-corrected chi connectivity index (χ4v) is 4.05. The van der Waals surface area contributed by atoms with E-state index in [-0.39, 0.29) is 36.8 Å². The average Bonchev–Trinajstić information content (AvgIpc) is 3.21. The molecule has 0 aromatic carbocycles. The molecule has 0 aliphatic carbocycles. The van der Waals surface area contributed by atoms with Gasteiger partial charge in [0, 0.05) is 32.9 Å². The van der Waals surface area contributed by atoms with Crippen molar-refractivity contribution in [3.05, 3.63) is 18.6 Å². The van der Waals surface area contributed by atoms with Crippen LogP contribution >= 0.6 is 12.4 Å². The lowest BCUT2D eigenvalue weighted by molar-refractivity contribution is -0.131. The van der Waals surface area contributed by atoms with Crippen LogP contribution in [0.4, 0.5) is 10.6 Å². The lowest BCUT2D eigenvalue weighted by atomic mass is 9.92. The number of amides is 2. The van der Waals surface area contributed by atoms with E-state index < -0.39 is 0 Å². The number of hydrogen-bond donors (Lipinski definition) is 2. The lowest BCUT2D eigenvalue weighted by Gasteiger charge is -2.42. The zero-order valence-corrected chi connectivity index (χ0v) is 19.3. The van der Waals surface area contributed by atoms with Crippen LogP contribution in [0.1, 0.15) is 32.6 Å². The van der Waals surface area contributed by atoms with E-state index >= 15 is 0 Å². The zero-order chi connectivity index (χ0) is 22.4. The van der Waals surface area contributed by atoms with E-state index in [1.165, 1.54) is 10.9 Å². The van der Waals surface area contributed by atoms with Crippen molar-refractivity contribution in [1.82, 2.24) is 24.8 Å². The van der Waals surface area contributed by atoms with Gasteiger partial charge in [0.1, 0.15) is 18.6 Å². The number of carbonyl (C=O) groups excluding carboxylic acids is 2. The number of nitrogens with one attached hydrogen (secondary N) is 1. The highest BCUT2D eigenvalue weighted by molar-refractivity contribution is 5.94. The summed E-state index contributed by atoms with van der Waals surface area (Å²) in [5.74, 6) is 0.915. The Bertz CT molecular complexity index is 972. The molecule has 1 aliphatic heterocycles. The highest BCUT2D eigenvalue weighted by atomic mass is 35.5. The second kappa shape index (κ2) is 11.6. The second-order valence-corrected chi connectivity index (χ2v) is 7.97. The lowest BCUT2D eigenvalue weighted by Crippen LogP contribution is -2.52. The normalized spacial score (nSPS) is 18.0. The predicted octanol–water partition coefficient (Wildman–Crippen LogP) is 1.74. The first-order valence-electron chi connectivity index (χ1n) is 10.7. The molecule has 1 saturated heterocycles. The predicted molar refractivity (Wildman–Crippen MR) is 125 cm³/mol. The number of nitriles is 1. The van der Waals surface area contributed by atoms with Gasteiger partial charge in [-0.3, -0.25) is 9.36 Å². The second-order valence-electron chi connectivity index (χ2n) is 7.97. The fraction of sp³-hybridized carbons (Fsp3) is 0.571. The Morgan fingerprint density at radius 2 is 2.16 bits per heavy atom. The minimum atomic E-state index is -0.237. The molecule has 0 radical (unpaired) electrons. The molecule has 0 saturated carbocycles. The van der Waals surface area contributed by atoms with E-state index in [0.717, 1.165) is 24.6 Å². The summed E-state index contributed by atoms with van der Waals surface area (Å²) in [7, 11) is 1.95. The van der Waals surface area contributed by atoms with Crippen LogP contribution < -0.4 is 16.0 Å². The largest absolute Gasteiger partial charge is 0.354 e. The third kappa shape index (κ3) is 5.47. The summed E-state index contributed by atoms with van der Waals surface area (Å²) in [5.41, 5.74) is 6.03. The molecule has 174 valence electrons. The molecule has 2 atom stereocenters. The highest BCUT2D eigenvalue weighted by Crippen LogP contribution is 2.29. The van der Waals surface area contributed by atoms with E-state index in [1.807, 2.05) is 19.2 Å². The van der Waals surface area contributed by atoms with Gasteiger partial charge in [-0.25, -0.2) is 14.8 Å². The summed E-state index contributed by atoms with van der Waals surface area (Å²) < 4.78 is 1.49. The smallest absolute Gasteiger partial charge is 0.327 e. The Morgan fingerprint density at radius 1 is 1.38 bits per heavy atom. The maximum absolute atomic E-state index is 12.6. The summed E-state index contributed by atoms with van der Waals surface area (Å²) in [4.78, 5) is 37.4. The molecule has 2 amide bonds. The van der Waals surface area contributed by atoms with Crippen molar-refractivity contribution in [3.63, 3.8) is 0 Å². The Hall–Kier alpha value is -2.90. The Balaban J connectivity index is 0.00000363. The minimum Gasteiger partial charge on any atom is -0.354 e. The van der Waals surface area contributed by atoms with Crippen LogP contribution in [0.15, 0.2) is 18.6 Å². The first kappa shape index (κ1) is 25.4. The van der Waals surface area contributed by atoms with Crippen molar-refractivity contribution in [2.45, 2.75) is 38.6 Å². The molecule has 0 bridgehead atoms. The van der Waals surface area contributed by atoms with Gasteiger partial charge in [0.2, 0.25) is 5.91 Å². The summed E-state index contributed by atoms with van der Waals surface area (Å²) in [6, 6.07) is 3.59. The van der Waals surface area contributed by atoms with Gasteiger partial charge < -0.3 is 20.9 Å². The number of nitrogens with zero attached hydrogens (tertiary/aromatic N) is 6. The van der Waals surface area contributed by atoms with Crippen molar-refractivity contribution in [2.24, 2.45) is 11.7 Å². The van der Waals surface area contributed by atoms with Crippen molar-refractivity contribution < 1.29 is 9.59 Å². The van der Waals surface area contributed by atoms with Gasteiger partial charge in [0.25, 0.3) is 0 Å². The minimum absolute atomic E-state index is 0. The number of carbonyl (C=O) groups is 2. The number of aromatic nitrogens is 3. The quantitative estimate of drug-likeness (QED) is 0.598. The number of unbranched alkanes of at least 4 members (excludes halogenated alkanes) is 1. The molecular formula is C21H31ClN8O2. The molecule has 0 spiro atoms. The first-order chi connectivity index (χ1) is 15.0. The summed E-state index contributed by atoms with van der Waals surface area (Å²) in [5, 5.41) is 12.5. The van der Waals surface area contributed by atoms with E-state index in [9.17, 15) is 9.59 Å². The molecule has 1 aliphatic rings. The Labute approximate surface area is 194 Å². The Kier molecular flexibility index (Phi) is 9.23. The molecular weight excluding hydrogens is 432 g/mol. The fourth-order valence-electron chi connectivity index (χ4n) is 4.05. The highest BCUT2D eigenvalue weighted by Gasteiger charge is 2.32. The number of piperidine rings is 1. The number of likely N-dealkylation sites (N-methyl/N-ethyl adjacent to an activating group) is 1. The van der Waals surface area contributed by atoms with Crippen LogP contribution in [0.3, 0.4) is 0 Å². The van der Waals surface area contributed by atoms with Gasteiger partial charge in [-0.1, -0.05) is 6.92 Å². The van der Waals surface area contributed by atoms with Crippen LogP contribution in [-0.2, 0) is 4.79 Å². The van der Waals surface area contributed by atoms with Gasteiger partial charge in [-0.2, -0.15) is 5.26 Å². The zero-order valence-electron chi connectivity index (χ0n) is 18.5. The maximum atomic E-state index is 12.6. The van der Waals surface area contributed by atoms with Gasteiger partial charge in [0.05, 0.1) is 17.5 Å². The van der Waals surface area contributed by atoms with Crippen LogP contribution in [-0.4, -0.2) is 70.6 Å². The molecule has 2 aromatic rings. The molecule has 2 aromatic heterocycles. The van der Waals surface area contributed by atoms with Crippen LogP contribution in [0.2, 0.25) is 0 Å². The van der Waals surface area contributed by atoms with Gasteiger partial charge in [0.15, 0.2) is 5.65 Å². The summed E-state index contributed by atoms with van der Waals surface area (Å²) in [6.45, 7) is 4.51. The number of anilines is 1. The van der Waals surface area contributed by atoms with Crippen LogP contribution in [0.5, 0.6) is 0 Å². The number of likely N-dealkylation sites (tertiary alicyclic amines) is 1. The molecule has 3 N–H and O–H groups in total. The molecule has 3 rings (SSSR count). The van der Waals surface area contributed by atoms with E-state index in [4.69, 9.17) is 11.0 Å². The van der Waals surface area contributed by atoms with Gasteiger partial charge >= 0.3 is 6.03 Å². The van der Waals surface area contributed by atoms with Crippen molar-refractivity contribution in [3.8, 4) is 6.07 Å². The van der Waals surface area contributed by atoms with Crippen molar-refractivity contribution in [1.29, 1.82) is 5.26 Å². The maximum Gasteiger partial charge on any atom is 0.327 e. The third-order valence-electron chi connectivity index (χ3n) is 5.92. The first-order valence-corrected chi connectivity index (χ1v) is 10.7. The summed E-state index contributed by atoms with van der Waals surface area (Å²) >= 11 is 0. The van der Waals surface area contributed by atoms with E-state index in [1.54, 1.807) is 11.1 Å². The number of nitrogens with two attached hydrogens (primary N) is 1. The van der Waals surface area contributed by atoms with Crippen LogP contribution in [0.25, 0.3) is 11.0 Å². The molecule has 32 heavy (non-hydrogen) atoms. The standard InChI is InChI=1S/C21H30N8O2.ClH/c1-15-6-11-28(18(30)5-9-23)13-17(15)27(2)19-16-7-12-29(20(16)26-14-25-19)21(31)24-10-4-3-8-22;/h7,12,14-15,17H,3-6,8,10-11,13,22H2,1-2H3,(H,24,31);1H/t15-,17+;/m1./s1. The molecule has 10 nitrogen and oxygen atoms in total. The number of hydrogen-bond acceptors (Lipinski definition) is 7. The number of halogens is 1. The molecule has 1 fully saturated rings. The van der Waals surface area contributed by atoms with Gasteiger partial charge in [-0.05, 0) is 37.8 Å². The molecule has 11 heteroatoms. The average molecular weight is 463 g/mol. The topological polar surface area (TPSA) is 133 Å². The van der Waals surface area contributed by atoms with Gasteiger partial charge in [-0.15, -0.1) is 12.4 Å². The summed E-state index contributed by atoms with van der Waals surface area (Å²) in [6.07, 6.45) is 5.58. The Morgan fingerprint density at radius 3 is 2.88 bits per heavy atom. The number of fused-ring (bicyclic) bond motifs is 1. The van der Waals surface area contributed by atoms with E-state index in [0.29, 0.717) is 43.6 Å². The van der Waals surface area contributed by atoms with Crippen molar-refractivity contribution >= 4 is 41.2 Å². The number of rotatable bonds is 7. The monoisotopic (exact) mass is 462 g/mol.